The summed E-state index contributed by atoms with van der Waals surface area (Å²) in [5.41, 5.74) is 6.09. The minimum atomic E-state index is -0.141. The van der Waals surface area contributed by atoms with Crippen LogP contribution in [0.4, 0.5) is 0 Å². The van der Waals surface area contributed by atoms with Gasteiger partial charge in [0.1, 0.15) is 0 Å². The minimum absolute atomic E-state index is 0.00139. The number of guanidine groups is 1. The van der Waals surface area contributed by atoms with E-state index in [4.69, 9.17) is 10.5 Å². The summed E-state index contributed by atoms with van der Waals surface area (Å²) in [6, 6.07) is 0.557. The fourth-order valence-electron chi connectivity index (χ4n) is 3.95. The normalized spacial score (nSPS) is 29.4. The number of nitrogens with zero attached hydrogens (tertiary/aromatic N) is 2. The van der Waals surface area contributed by atoms with Crippen LogP contribution in [0.1, 0.15) is 65.7 Å². The molecule has 2 rings (SSSR count). The quantitative estimate of drug-likeness (QED) is 0.806. The average Bonchev–Trinajstić information content (AvgIpc) is 2.60. The third kappa shape index (κ3) is 3.27. The van der Waals surface area contributed by atoms with Crippen LogP contribution in [0.5, 0.6) is 0 Å². The molecule has 0 aromatic rings. The van der Waals surface area contributed by atoms with Crippen LogP contribution in [0, 0.1) is 0 Å². The van der Waals surface area contributed by atoms with Gasteiger partial charge in [-0.2, -0.15) is 0 Å². The zero-order valence-corrected chi connectivity index (χ0v) is 13.6. The number of ether oxygens (including phenoxy) is 1. The van der Waals surface area contributed by atoms with Crippen LogP contribution < -0.4 is 5.73 Å². The molecule has 20 heavy (non-hydrogen) atoms. The predicted molar refractivity (Wildman–Crippen MR) is 83.9 cm³/mol. The maximum Gasteiger partial charge on any atom is 0.192 e. The van der Waals surface area contributed by atoms with Crippen molar-refractivity contribution in [3.8, 4) is 0 Å². The van der Waals surface area contributed by atoms with Crippen molar-refractivity contribution in [2.45, 2.75) is 82.9 Å². The van der Waals surface area contributed by atoms with Crippen molar-refractivity contribution in [2.24, 2.45) is 10.7 Å². The van der Waals surface area contributed by atoms with Gasteiger partial charge in [0.15, 0.2) is 5.96 Å². The highest BCUT2D eigenvalue weighted by Crippen LogP contribution is 2.36. The van der Waals surface area contributed by atoms with Crippen molar-refractivity contribution in [2.75, 3.05) is 13.7 Å². The number of hydrogen-bond donors (Lipinski definition) is 1. The Balaban J connectivity index is 2.16. The third-order valence-electron chi connectivity index (χ3n) is 4.96. The molecule has 2 aliphatic rings. The number of methoxy groups -OCH3 is 1. The summed E-state index contributed by atoms with van der Waals surface area (Å²) in [4.78, 5) is 6.98. The highest BCUT2D eigenvalue weighted by atomic mass is 16.5. The van der Waals surface area contributed by atoms with E-state index in [1.807, 2.05) is 0 Å². The second-order valence-corrected chi connectivity index (χ2v) is 7.33. The van der Waals surface area contributed by atoms with Gasteiger partial charge in [-0.25, -0.2) is 0 Å². The van der Waals surface area contributed by atoms with E-state index in [0.29, 0.717) is 6.04 Å². The molecule has 2 N–H and O–H groups in total. The molecule has 0 aromatic carbocycles. The number of nitrogens with two attached hydrogens (primary N) is 1. The fraction of sp³-hybridized carbons (Fsp3) is 0.938. The smallest absolute Gasteiger partial charge is 0.192 e. The van der Waals surface area contributed by atoms with E-state index in [9.17, 15) is 0 Å². The fourth-order valence-corrected chi connectivity index (χ4v) is 3.95. The van der Waals surface area contributed by atoms with Crippen LogP contribution in [-0.4, -0.2) is 41.7 Å². The van der Waals surface area contributed by atoms with Gasteiger partial charge in [0, 0.05) is 19.6 Å². The monoisotopic (exact) mass is 281 g/mol. The van der Waals surface area contributed by atoms with E-state index < -0.39 is 0 Å². The van der Waals surface area contributed by atoms with Gasteiger partial charge in [-0.15, -0.1) is 0 Å². The Hall–Kier alpha value is -0.770. The molecular weight excluding hydrogens is 250 g/mol. The molecule has 1 atom stereocenters. The number of aliphatic imine (C=N–C) groups is 1. The van der Waals surface area contributed by atoms with Gasteiger partial charge in [-0.05, 0) is 33.6 Å². The number of rotatable bonds is 4. The largest absolute Gasteiger partial charge is 0.379 e. The average molecular weight is 281 g/mol. The van der Waals surface area contributed by atoms with E-state index in [2.05, 4.69) is 30.7 Å². The summed E-state index contributed by atoms with van der Waals surface area (Å²) in [5.74, 6) is 0.742. The van der Waals surface area contributed by atoms with Crippen LogP contribution in [0.2, 0.25) is 0 Å². The van der Waals surface area contributed by atoms with E-state index >= 15 is 0 Å². The van der Waals surface area contributed by atoms with Crippen molar-refractivity contribution >= 4 is 5.96 Å². The van der Waals surface area contributed by atoms with E-state index in [1.165, 1.54) is 38.5 Å². The van der Waals surface area contributed by atoms with Crippen molar-refractivity contribution < 1.29 is 4.74 Å². The Morgan fingerprint density at radius 1 is 1.30 bits per heavy atom. The molecule has 1 unspecified atom stereocenters. The minimum Gasteiger partial charge on any atom is -0.379 e. The number of hydrogen-bond acceptors (Lipinski definition) is 4. The Bertz CT molecular complexity index is 359. The molecule has 1 heterocycles. The molecule has 116 valence electrons. The van der Waals surface area contributed by atoms with Crippen LogP contribution >= 0.6 is 0 Å². The molecule has 1 aliphatic carbocycles. The van der Waals surface area contributed by atoms with Gasteiger partial charge in [0.05, 0.1) is 17.7 Å². The Kier molecular flexibility index (Phi) is 4.62. The van der Waals surface area contributed by atoms with Crippen LogP contribution in [0.3, 0.4) is 0 Å². The lowest BCUT2D eigenvalue weighted by Gasteiger charge is -2.45. The molecule has 0 saturated heterocycles. The first-order chi connectivity index (χ1) is 9.38. The van der Waals surface area contributed by atoms with Gasteiger partial charge < -0.3 is 15.4 Å². The van der Waals surface area contributed by atoms with Gasteiger partial charge in [-0.3, -0.25) is 4.99 Å². The lowest BCUT2D eigenvalue weighted by molar-refractivity contribution is -0.0235. The Morgan fingerprint density at radius 3 is 2.45 bits per heavy atom. The van der Waals surface area contributed by atoms with E-state index in [1.54, 1.807) is 7.11 Å². The van der Waals surface area contributed by atoms with Crippen molar-refractivity contribution in [1.82, 2.24) is 4.90 Å². The van der Waals surface area contributed by atoms with Crippen molar-refractivity contribution in [3.63, 3.8) is 0 Å². The first-order valence-corrected chi connectivity index (χ1v) is 8.02. The molecule has 0 spiro atoms. The summed E-state index contributed by atoms with van der Waals surface area (Å²) in [7, 11) is 1.79. The summed E-state index contributed by atoms with van der Waals surface area (Å²) < 4.78 is 5.64. The molecule has 0 radical (unpaired) electrons. The topological polar surface area (TPSA) is 50.9 Å². The summed E-state index contributed by atoms with van der Waals surface area (Å²) in [6.45, 7) is 7.39. The van der Waals surface area contributed by atoms with Gasteiger partial charge in [0.25, 0.3) is 0 Å². The van der Waals surface area contributed by atoms with Crippen molar-refractivity contribution in [1.29, 1.82) is 0 Å². The Labute approximate surface area is 123 Å². The molecule has 1 fully saturated rings. The van der Waals surface area contributed by atoms with Crippen LogP contribution in [0.15, 0.2) is 4.99 Å². The predicted octanol–water partition coefficient (Wildman–Crippen LogP) is 2.91. The highest BCUT2D eigenvalue weighted by Gasteiger charge is 2.45. The molecule has 1 aliphatic heterocycles. The lowest BCUT2D eigenvalue weighted by atomic mass is 9.85. The summed E-state index contributed by atoms with van der Waals surface area (Å²) in [6.07, 6.45) is 8.81. The Morgan fingerprint density at radius 2 is 1.90 bits per heavy atom. The standard InChI is InChI=1S/C16H31N3O/c1-15(2,20-4)11-16(3)12-18-14(17)19(16)13-9-7-5-6-8-10-13/h13H,5-12H2,1-4H3,(H2,17,18). The van der Waals surface area contributed by atoms with Gasteiger partial charge in [0.2, 0.25) is 0 Å². The van der Waals surface area contributed by atoms with Crippen LogP contribution in [0.25, 0.3) is 0 Å². The zero-order chi connectivity index (χ0) is 14.8. The maximum absolute atomic E-state index is 6.23. The first kappa shape index (κ1) is 15.6. The van der Waals surface area contributed by atoms with Gasteiger partial charge >= 0.3 is 0 Å². The molecule has 0 bridgehead atoms. The molecule has 0 aromatic heterocycles. The second-order valence-electron chi connectivity index (χ2n) is 7.33. The third-order valence-corrected chi connectivity index (χ3v) is 4.96. The van der Waals surface area contributed by atoms with E-state index in [0.717, 1.165) is 18.9 Å². The zero-order valence-electron chi connectivity index (χ0n) is 13.6. The summed E-state index contributed by atoms with van der Waals surface area (Å²) >= 11 is 0. The molecular formula is C16H31N3O. The second kappa shape index (κ2) is 5.92. The van der Waals surface area contributed by atoms with Crippen molar-refractivity contribution in [3.05, 3.63) is 0 Å². The highest BCUT2D eigenvalue weighted by molar-refractivity contribution is 5.81. The molecule has 1 saturated carbocycles. The van der Waals surface area contributed by atoms with Gasteiger partial charge in [-0.1, -0.05) is 25.7 Å². The SMILES string of the molecule is COC(C)(C)CC1(C)CN=C(N)N1C1CCCCCC1. The van der Waals surface area contributed by atoms with E-state index in [-0.39, 0.29) is 11.1 Å². The molecule has 0 amide bonds. The van der Waals surface area contributed by atoms with Crippen LogP contribution in [-0.2, 0) is 4.74 Å². The summed E-state index contributed by atoms with van der Waals surface area (Å²) in [5, 5.41) is 0. The molecule has 4 heteroatoms. The maximum atomic E-state index is 6.23. The first-order valence-electron chi connectivity index (χ1n) is 8.02. The lowest BCUT2D eigenvalue weighted by Crippen LogP contribution is -2.57. The molecule has 4 nitrogen and oxygen atoms in total.